The summed E-state index contributed by atoms with van der Waals surface area (Å²) >= 11 is 0. The summed E-state index contributed by atoms with van der Waals surface area (Å²) in [5, 5.41) is 3.79. The monoisotopic (exact) mass is 214 g/mol. The largest absolute Gasteiger partial charge is 0.265 e. The van der Waals surface area contributed by atoms with Crippen molar-refractivity contribution in [3.05, 3.63) is 42.0 Å². The van der Waals surface area contributed by atoms with Crippen LogP contribution in [0.15, 0.2) is 18.5 Å². The first-order valence-electron chi connectivity index (χ1n) is 4.01. The Labute approximate surface area is 82.4 Å². The Morgan fingerprint density at radius 3 is 2.33 bits per heavy atom. The molecule has 0 aliphatic rings. The van der Waals surface area contributed by atoms with Crippen LogP contribution in [0.25, 0.3) is 0 Å². The lowest BCUT2D eigenvalue weighted by Crippen LogP contribution is -2.09. The average Bonchev–Trinajstić information content (AvgIpc) is 2.66. The van der Waals surface area contributed by atoms with Gasteiger partial charge in [-0.3, -0.25) is 4.68 Å². The second kappa shape index (κ2) is 3.68. The first-order valence-corrected chi connectivity index (χ1v) is 4.01. The Hall–Kier alpha value is -1.92. The highest BCUT2D eigenvalue weighted by Crippen LogP contribution is 2.06. The molecular formula is C8H5F3N4. The number of hydrogen-bond acceptors (Lipinski definition) is 3. The molecule has 78 valence electrons. The maximum absolute atomic E-state index is 12.7. The molecule has 0 aliphatic heterocycles. The summed E-state index contributed by atoms with van der Waals surface area (Å²) in [6.45, 7) is -0.0128. The maximum Gasteiger partial charge on any atom is 0.255 e. The summed E-state index contributed by atoms with van der Waals surface area (Å²) in [6, 6.07) is 1.64. The van der Waals surface area contributed by atoms with Gasteiger partial charge in [0.25, 0.3) is 11.9 Å². The van der Waals surface area contributed by atoms with E-state index in [1.807, 2.05) is 0 Å². The van der Waals surface area contributed by atoms with Crippen molar-refractivity contribution >= 4 is 0 Å². The topological polar surface area (TPSA) is 43.6 Å². The van der Waals surface area contributed by atoms with E-state index in [-0.39, 0.29) is 12.4 Å². The van der Waals surface area contributed by atoms with E-state index < -0.39 is 17.7 Å². The minimum absolute atomic E-state index is 0.0128. The van der Waals surface area contributed by atoms with E-state index in [0.29, 0.717) is 0 Å². The quantitative estimate of drug-likeness (QED) is 0.704. The molecule has 0 spiro atoms. The molecule has 0 radical (unpaired) electrons. The highest BCUT2D eigenvalue weighted by molar-refractivity contribution is 4.97. The lowest BCUT2D eigenvalue weighted by molar-refractivity contribution is 0.396. The van der Waals surface area contributed by atoms with Crippen LogP contribution in [0.1, 0.15) is 5.82 Å². The molecule has 7 heteroatoms. The standard InChI is InChI=1S/C8H5F3N4/c9-6-7(10)13-5(14-8(6)11)4-15-3-1-2-12-15/h1-3H,4H2. The van der Waals surface area contributed by atoms with Crippen LogP contribution < -0.4 is 0 Å². The molecular weight excluding hydrogens is 209 g/mol. The number of aromatic nitrogens is 4. The van der Waals surface area contributed by atoms with Gasteiger partial charge in [0.2, 0.25) is 5.82 Å². The molecule has 0 saturated heterocycles. The highest BCUT2D eigenvalue weighted by Gasteiger charge is 2.13. The minimum Gasteiger partial charge on any atom is -0.265 e. The Morgan fingerprint density at radius 1 is 1.13 bits per heavy atom. The number of rotatable bonds is 2. The minimum atomic E-state index is -1.67. The van der Waals surface area contributed by atoms with E-state index in [9.17, 15) is 13.2 Å². The molecule has 2 rings (SSSR count). The van der Waals surface area contributed by atoms with E-state index in [1.165, 1.54) is 10.9 Å². The first-order chi connectivity index (χ1) is 7.16. The lowest BCUT2D eigenvalue weighted by atomic mass is 10.5. The van der Waals surface area contributed by atoms with E-state index in [0.717, 1.165) is 0 Å². The van der Waals surface area contributed by atoms with Crippen LogP contribution in [0.5, 0.6) is 0 Å². The van der Waals surface area contributed by atoms with Crippen LogP contribution in [-0.4, -0.2) is 19.7 Å². The zero-order chi connectivity index (χ0) is 10.8. The zero-order valence-corrected chi connectivity index (χ0v) is 7.36. The van der Waals surface area contributed by atoms with Crippen molar-refractivity contribution in [2.45, 2.75) is 6.54 Å². The molecule has 0 N–H and O–H groups in total. The molecule has 4 nitrogen and oxygen atoms in total. The molecule has 0 bridgehead atoms. The predicted molar refractivity (Wildman–Crippen MR) is 43.2 cm³/mol. The van der Waals surface area contributed by atoms with Gasteiger partial charge in [0.1, 0.15) is 6.54 Å². The average molecular weight is 214 g/mol. The van der Waals surface area contributed by atoms with Crippen molar-refractivity contribution in [3.8, 4) is 0 Å². The molecule has 0 fully saturated rings. The van der Waals surface area contributed by atoms with Crippen LogP contribution >= 0.6 is 0 Å². The summed E-state index contributed by atoms with van der Waals surface area (Å²) in [4.78, 5) is 6.31. The van der Waals surface area contributed by atoms with Crippen molar-refractivity contribution in [2.24, 2.45) is 0 Å². The van der Waals surface area contributed by atoms with Gasteiger partial charge in [-0.2, -0.15) is 28.2 Å². The normalized spacial score (nSPS) is 10.6. The van der Waals surface area contributed by atoms with Crippen LogP contribution in [-0.2, 0) is 6.54 Å². The fourth-order valence-corrected chi connectivity index (χ4v) is 1.04. The summed E-state index contributed by atoms with van der Waals surface area (Å²) in [6.07, 6.45) is 3.07. The number of nitrogens with zero attached hydrogens (tertiary/aromatic N) is 4. The van der Waals surface area contributed by atoms with Gasteiger partial charge in [-0.05, 0) is 6.07 Å². The van der Waals surface area contributed by atoms with Crippen LogP contribution in [0.2, 0.25) is 0 Å². The van der Waals surface area contributed by atoms with Crippen LogP contribution in [0.4, 0.5) is 13.2 Å². The van der Waals surface area contributed by atoms with Crippen molar-refractivity contribution < 1.29 is 13.2 Å². The summed E-state index contributed by atoms with van der Waals surface area (Å²) in [5.41, 5.74) is 0. The van der Waals surface area contributed by atoms with Crippen molar-refractivity contribution in [3.63, 3.8) is 0 Å². The molecule has 2 aromatic heterocycles. The Bertz CT molecular complexity index is 446. The zero-order valence-electron chi connectivity index (χ0n) is 7.36. The van der Waals surface area contributed by atoms with Crippen LogP contribution in [0, 0.1) is 17.7 Å². The Kier molecular flexibility index (Phi) is 2.36. The van der Waals surface area contributed by atoms with Crippen LogP contribution in [0.3, 0.4) is 0 Å². The SMILES string of the molecule is Fc1nc(Cn2cccn2)nc(F)c1F. The fraction of sp³-hybridized carbons (Fsp3) is 0.125. The van der Waals surface area contributed by atoms with Gasteiger partial charge in [-0.1, -0.05) is 0 Å². The number of halogens is 3. The van der Waals surface area contributed by atoms with Gasteiger partial charge >= 0.3 is 0 Å². The summed E-state index contributed by atoms with van der Waals surface area (Å²) in [7, 11) is 0. The van der Waals surface area contributed by atoms with E-state index >= 15 is 0 Å². The molecule has 0 aliphatic carbocycles. The third kappa shape index (κ3) is 1.95. The van der Waals surface area contributed by atoms with E-state index in [4.69, 9.17) is 0 Å². The number of hydrogen-bond donors (Lipinski definition) is 0. The molecule has 15 heavy (non-hydrogen) atoms. The second-order valence-corrected chi connectivity index (χ2v) is 2.74. The van der Waals surface area contributed by atoms with Gasteiger partial charge in [0, 0.05) is 12.4 Å². The highest BCUT2D eigenvalue weighted by atomic mass is 19.2. The predicted octanol–water partition coefficient (Wildman–Crippen LogP) is 1.14. The van der Waals surface area contributed by atoms with Crippen molar-refractivity contribution in [2.75, 3.05) is 0 Å². The summed E-state index contributed by atoms with van der Waals surface area (Å²) < 4.78 is 39.2. The maximum atomic E-state index is 12.7. The summed E-state index contributed by atoms with van der Waals surface area (Å²) in [5.74, 6) is -4.83. The van der Waals surface area contributed by atoms with E-state index in [1.54, 1.807) is 12.3 Å². The Balaban J connectivity index is 2.30. The van der Waals surface area contributed by atoms with Gasteiger partial charge in [0.05, 0.1) is 0 Å². The molecule has 2 aromatic rings. The van der Waals surface area contributed by atoms with Gasteiger partial charge in [-0.15, -0.1) is 0 Å². The molecule has 2 heterocycles. The third-order valence-electron chi connectivity index (χ3n) is 1.68. The van der Waals surface area contributed by atoms with Gasteiger partial charge < -0.3 is 0 Å². The molecule has 0 atom stereocenters. The molecule has 0 unspecified atom stereocenters. The third-order valence-corrected chi connectivity index (χ3v) is 1.68. The first kappa shape index (κ1) is 9.63. The second-order valence-electron chi connectivity index (χ2n) is 2.74. The van der Waals surface area contributed by atoms with Crippen molar-refractivity contribution in [1.29, 1.82) is 0 Å². The van der Waals surface area contributed by atoms with Gasteiger partial charge in [0.15, 0.2) is 5.82 Å². The Morgan fingerprint density at radius 2 is 1.80 bits per heavy atom. The molecule has 0 saturated carbocycles. The fourth-order valence-electron chi connectivity index (χ4n) is 1.04. The smallest absolute Gasteiger partial charge is 0.255 e. The molecule has 0 amide bonds. The van der Waals surface area contributed by atoms with Crippen molar-refractivity contribution in [1.82, 2.24) is 19.7 Å². The lowest BCUT2D eigenvalue weighted by Gasteiger charge is -2.01. The molecule has 0 aromatic carbocycles. The van der Waals surface area contributed by atoms with Gasteiger partial charge in [-0.25, -0.2) is 0 Å². The van der Waals surface area contributed by atoms with E-state index in [2.05, 4.69) is 15.1 Å².